The molecule has 0 aliphatic heterocycles. The first-order chi connectivity index (χ1) is 9.52. The molecule has 1 atom stereocenters. The molecule has 0 fully saturated rings. The predicted molar refractivity (Wildman–Crippen MR) is 84.7 cm³/mol. The summed E-state index contributed by atoms with van der Waals surface area (Å²) in [5.74, 6) is 0.433. The van der Waals surface area contributed by atoms with Crippen LogP contribution in [0, 0.1) is 11.8 Å². The van der Waals surface area contributed by atoms with E-state index in [9.17, 15) is 4.79 Å². The Morgan fingerprint density at radius 3 is 2.55 bits per heavy atom. The smallest absolute Gasteiger partial charge is 0.230 e. The summed E-state index contributed by atoms with van der Waals surface area (Å²) in [6, 6.07) is 9.59. The molecule has 0 saturated carbocycles. The number of carbonyl (C=O) groups is 1. The molecule has 1 amide bonds. The summed E-state index contributed by atoms with van der Waals surface area (Å²) in [4.78, 5) is 12.2. The van der Waals surface area contributed by atoms with E-state index in [1.54, 1.807) is 0 Å². The molecule has 0 saturated heterocycles. The summed E-state index contributed by atoms with van der Waals surface area (Å²) in [5, 5.41) is 2.85. The number of ether oxygens (including phenoxy) is 1. The zero-order valence-corrected chi connectivity index (χ0v) is 12.8. The van der Waals surface area contributed by atoms with Crippen LogP contribution in [0.25, 0.3) is 0 Å². The van der Waals surface area contributed by atoms with Gasteiger partial charge < -0.3 is 15.8 Å². The van der Waals surface area contributed by atoms with Crippen LogP contribution in [-0.2, 0) is 4.79 Å². The van der Waals surface area contributed by atoms with E-state index in [2.05, 4.69) is 5.32 Å². The summed E-state index contributed by atoms with van der Waals surface area (Å²) in [7, 11) is 0. The monoisotopic (exact) mass is 294 g/mol. The zero-order valence-electron chi connectivity index (χ0n) is 12.0. The Bertz CT molecular complexity index is 435. The third-order valence-corrected chi connectivity index (χ3v) is 3.14. The van der Waals surface area contributed by atoms with Gasteiger partial charge in [-0.2, -0.15) is 0 Å². The van der Waals surface area contributed by atoms with E-state index in [1.165, 1.54) is 0 Å². The van der Waals surface area contributed by atoms with Gasteiger partial charge in [0, 0.05) is 6.54 Å². The summed E-state index contributed by atoms with van der Waals surface area (Å²) < 4.78 is 5.54. The standard InChI is InChI=1S/C15H22N2O2S/c1-11(2)13(14(16)20)15(18)17-9-6-10-19-12-7-4-3-5-8-12/h3-5,7-8,11,13H,6,9-10H2,1-2H3,(H2,16,20)(H,17,18). The highest BCUT2D eigenvalue weighted by Crippen LogP contribution is 2.11. The van der Waals surface area contributed by atoms with Crippen molar-refractivity contribution in [3.05, 3.63) is 30.3 Å². The Hall–Kier alpha value is -1.62. The van der Waals surface area contributed by atoms with Crippen molar-refractivity contribution in [2.24, 2.45) is 17.6 Å². The lowest BCUT2D eigenvalue weighted by molar-refractivity contribution is -0.123. The molecule has 0 aliphatic carbocycles. The normalized spacial score (nSPS) is 11.9. The molecule has 20 heavy (non-hydrogen) atoms. The lowest BCUT2D eigenvalue weighted by atomic mass is 9.95. The number of nitrogens with one attached hydrogen (secondary N) is 1. The molecular weight excluding hydrogens is 272 g/mol. The topological polar surface area (TPSA) is 64.3 Å². The highest BCUT2D eigenvalue weighted by atomic mass is 32.1. The molecule has 0 bridgehead atoms. The number of nitrogens with two attached hydrogens (primary N) is 1. The fraction of sp³-hybridized carbons (Fsp3) is 0.467. The number of benzene rings is 1. The number of para-hydroxylation sites is 1. The van der Waals surface area contributed by atoms with Crippen molar-refractivity contribution < 1.29 is 9.53 Å². The van der Waals surface area contributed by atoms with Crippen LogP contribution in [0.15, 0.2) is 30.3 Å². The fourth-order valence-electron chi connectivity index (χ4n) is 1.86. The minimum absolute atomic E-state index is 0.104. The van der Waals surface area contributed by atoms with Crippen LogP contribution >= 0.6 is 12.2 Å². The molecule has 3 N–H and O–H groups in total. The van der Waals surface area contributed by atoms with Crippen molar-refractivity contribution >= 4 is 23.1 Å². The molecule has 0 aromatic heterocycles. The maximum atomic E-state index is 11.9. The van der Waals surface area contributed by atoms with E-state index in [0.717, 1.165) is 12.2 Å². The summed E-state index contributed by atoms with van der Waals surface area (Å²) in [6.07, 6.45) is 0.739. The van der Waals surface area contributed by atoms with E-state index in [-0.39, 0.29) is 16.8 Å². The van der Waals surface area contributed by atoms with Gasteiger partial charge in [-0.25, -0.2) is 0 Å². The second-order valence-electron chi connectivity index (χ2n) is 4.93. The number of hydrogen-bond donors (Lipinski definition) is 2. The molecule has 1 unspecified atom stereocenters. The van der Waals surface area contributed by atoms with Gasteiger partial charge in [0.1, 0.15) is 5.75 Å². The Morgan fingerprint density at radius 1 is 1.35 bits per heavy atom. The SMILES string of the molecule is CC(C)C(C(=O)NCCCOc1ccccc1)C(N)=S. The van der Waals surface area contributed by atoms with Crippen LogP contribution in [0.2, 0.25) is 0 Å². The molecule has 0 heterocycles. The van der Waals surface area contributed by atoms with Gasteiger partial charge in [-0.15, -0.1) is 0 Å². The Balaban J connectivity index is 2.23. The van der Waals surface area contributed by atoms with Crippen LogP contribution in [0.4, 0.5) is 0 Å². The Morgan fingerprint density at radius 2 is 2.00 bits per heavy atom. The van der Waals surface area contributed by atoms with E-state index >= 15 is 0 Å². The van der Waals surface area contributed by atoms with Gasteiger partial charge in [-0.3, -0.25) is 4.79 Å². The number of carbonyl (C=O) groups excluding carboxylic acids is 1. The molecule has 0 spiro atoms. The van der Waals surface area contributed by atoms with Gasteiger partial charge in [-0.05, 0) is 24.5 Å². The first-order valence-corrected chi connectivity index (χ1v) is 7.18. The third kappa shape index (κ3) is 5.57. The van der Waals surface area contributed by atoms with Crippen LogP contribution in [0.5, 0.6) is 5.75 Å². The van der Waals surface area contributed by atoms with Crippen molar-refractivity contribution in [2.75, 3.05) is 13.2 Å². The zero-order chi connectivity index (χ0) is 15.0. The number of hydrogen-bond acceptors (Lipinski definition) is 3. The Kier molecular flexibility index (Phi) is 7.01. The lowest BCUT2D eigenvalue weighted by Crippen LogP contribution is -2.41. The number of rotatable bonds is 8. The van der Waals surface area contributed by atoms with E-state index in [0.29, 0.717) is 13.2 Å². The maximum absolute atomic E-state index is 11.9. The number of thiocarbonyl (C=S) groups is 1. The quantitative estimate of drug-likeness (QED) is 0.569. The van der Waals surface area contributed by atoms with Gasteiger partial charge >= 0.3 is 0 Å². The third-order valence-electron chi connectivity index (χ3n) is 2.89. The van der Waals surface area contributed by atoms with Crippen LogP contribution < -0.4 is 15.8 Å². The van der Waals surface area contributed by atoms with E-state index in [1.807, 2.05) is 44.2 Å². The fourth-order valence-corrected chi connectivity index (χ4v) is 2.24. The lowest BCUT2D eigenvalue weighted by Gasteiger charge is -2.18. The molecular formula is C15H22N2O2S. The van der Waals surface area contributed by atoms with Crippen LogP contribution in [0.3, 0.4) is 0 Å². The molecule has 110 valence electrons. The molecule has 4 nitrogen and oxygen atoms in total. The molecule has 1 aromatic rings. The van der Waals surface area contributed by atoms with Gasteiger partial charge in [0.2, 0.25) is 5.91 Å². The number of amides is 1. The van der Waals surface area contributed by atoms with Crippen molar-refractivity contribution in [1.29, 1.82) is 0 Å². The van der Waals surface area contributed by atoms with E-state index < -0.39 is 5.92 Å². The summed E-state index contributed by atoms with van der Waals surface area (Å²) in [6.45, 7) is 4.98. The molecule has 0 radical (unpaired) electrons. The molecule has 1 rings (SSSR count). The average molecular weight is 294 g/mol. The largest absolute Gasteiger partial charge is 0.494 e. The highest BCUT2D eigenvalue weighted by molar-refractivity contribution is 7.80. The summed E-state index contributed by atoms with van der Waals surface area (Å²) >= 11 is 4.93. The van der Waals surface area contributed by atoms with Crippen LogP contribution in [0.1, 0.15) is 20.3 Å². The molecule has 1 aromatic carbocycles. The molecule has 0 aliphatic rings. The Labute approximate surface area is 125 Å². The van der Waals surface area contributed by atoms with Gasteiger partial charge in [0.15, 0.2) is 0 Å². The van der Waals surface area contributed by atoms with Gasteiger partial charge in [-0.1, -0.05) is 44.3 Å². The first kappa shape index (κ1) is 16.4. The predicted octanol–water partition coefficient (Wildman–Crippen LogP) is 2.13. The van der Waals surface area contributed by atoms with Gasteiger partial charge in [0.05, 0.1) is 17.5 Å². The van der Waals surface area contributed by atoms with Crippen LogP contribution in [-0.4, -0.2) is 24.0 Å². The second-order valence-corrected chi connectivity index (χ2v) is 5.40. The van der Waals surface area contributed by atoms with E-state index in [4.69, 9.17) is 22.7 Å². The average Bonchev–Trinajstić information content (AvgIpc) is 2.38. The van der Waals surface area contributed by atoms with Gasteiger partial charge in [0.25, 0.3) is 0 Å². The van der Waals surface area contributed by atoms with Crippen molar-refractivity contribution in [3.8, 4) is 5.75 Å². The minimum Gasteiger partial charge on any atom is -0.494 e. The van der Waals surface area contributed by atoms with Crippen molar-refractivity contribution in [2.45, 2.75) is 20.3 Å². The minimum atomic E-state index is -0.403. The summed E-state index contributed by atoms with van der Waals surface area (Å²) in [5.41, 5.74) is 5.59. The second kappa shape index (κ2) is 8.53. The maximum Gasteiger partial charge on any atom is 0.230 e. The van der Waals surface area contributed by atoms with Crippen molar-refractivity contribution in [1.82, 2.24) is 5.32 Å². The molecule has 5 heteroatoms. The highest BCUT2D eigenvalue weighted by Gasteiger charge is 2.24. The first-order valence-electron chi connectivity index (χ1n) is 6.77. The van der Waals surface area contributed by atoms with Crippen molar-refractivity contribution in [3.63, 3.8) is 0 Å².